The second kappa shape index (κ2) is 7.62. The van der Waals surface area contributed by atoms with Crippen LogP contribution in [0, 0.1) is 11.8 Å². The summed E-state index contributed by atoms with van der Waals surface area (Å²) in [6.07, 6.45) is 0.581. The molecule has 1 aliphatic heterocycles. The zero-order valence-electron chi connectivity index (χ0n) is 16.7. The number of methoxy groups -OCH3 is 2. The van der Waals surface area contributed by atoms with Crippen molar-refractivity contribution in [1.82, 2.24) is 0 Å². The number of ether oxygens (including phenoxy) is 2. The number of esters is 1. The number of carbonyl (C=O) groups excluding carboxylic acids is 2. The second-order valence-electron chi connectivity index (χ2n) is 7.46. The van der Waals surface area contributed by atoms with Gasteiger partial charge in [0.05, 0.1) is 31.6 Å². The van der Waals surface area contributed by atoms with Crippen LogP contribution in [0.1, 0.15) is 24.9 Å². The molecule has 0 spiro atoms. The van der Waals surface area contributed by atoms with Gasteiger partial charge in [0.15, 0.2) is 5.78 Å². The number of anilines is 2. The zero-order chi connectivity index (χ0) is 20.5. The Morgan fingerprint density at radius 2 is 1.83 bits per heavy atom. The van der Waals surface area contributed by atoms with E-state index in [1.54, 1.807) is 7.11 Å². The Bertz CT molecular complexity index is 998. The minimum Gasteiger partial charge on any atom is -0.497 e. The minimum absolute atomic E-state index is 0.155. The predicted octanol–water partition coefficient (Wildman–Crippen LogP) is 3.93. The number of fused-ring (bicyclic) bond motifs is 1. The van der Waals surface area contributed by atoms with Gasteiger partial charge in [-0.05, 0) is 42.2 Å². The molecule has 150 valence electrons. The fourth-order valence-electron chi connectivity index (χ4n) is 4.20. The molecule has 2 aliphatic rings. The number of allylic oxidation sites excluding steroid dienone is 1. The number of nitrogens with one attached hydrogen (secondary N) is 2. The molecule has 1 aliphatic carbocycles. The van der Waals surface area contributed by atoms with Crippen molar-refractivity contribution in [2.24, 2.45) is 11.8 Å². The summed E-state index contributed by atoms with van der Waals surface area (Å²) in [4.78, 5) is 25.9. The number of rotatable bonds is 3. The normalized spacial score (nSPS) is 23.1. The van der Waals surface area contributed by atoms with Crippen molar-refractivity contribution in [3.63, 3.8) is 0 Å². The van der Waals surface area contributed by atoms with Crippen LogP contribution in [0.2, 0.25) is 0 Å². The highest BCUT2D eigenvalue weighted by Gasteiger charge is 2.44. The molecule has 6 nitrogen and oxygen atoms in total. The van der Waals surface area contributed by atoms with E-state index >= 15 is 0 Å². The number of Topliss-reactive ketones (excluding diaryl/α,β-unsaturated/α-hetero) is 1. The zero-order valence-corrected chi connectivity index (χ0v) is 16.7. The van der Waals surface area contributed by atoms with Crippen molar-refractivity contribution in [2.75, 3.05) is 24.9 Å². The summed E-state index contributed by atoms with van der Waals surface area (Å²) < 4.78 is 10.3. The average molecular weight is 392 g/mol. The summed E-state index contributed by atoms with van der Waals surface area (Å²) in [7, 11) is 2.94. The van der Waals surface area contributed by atoms with E-state index < -0.39 is 17.9 Å². The van der Waals surface area contributed by atoms with E-state index in [0.29, 0.717) is 17.7 Å². The number of ketones is 1. The highest BCUT2D eigenvalue weighted by atomic mass is 16.5. The van der Waals surface area contributed by atoms with Crippen LogP contribution in [-0.4, -0.2) is 26.0 Å². The van der Waals surface area contributed by atoms with Gasteiger partial charge in [-0.25, -0.2) is 0 Å². The van der Waals surface area contributed by atoms with Crippen LogP contribution in [0.3, 0.4) is 0 Å². The molecule has 4 rings (SSSR count). The minimum atomic E-state index is -0.809. The van der Waals surface area contributed by atoms with Gasteiger partial charge in [0.2, 0.25) is 0 Å². The SMILES string of the molecule is COC(=O)[C@H]1C(=O)C2=C(C[C@H]1C)Nc1ccccc1N[C@H]2c1cccc(OC)c1. The molecule has 0 saturated heterocycles. The second-order valence-corrected chi connectivity index (χ2v) is 7.46. The standard InChI is InChI=1S/C23H24N2O4/c1-13-11-18-20(22(26)19(13)23(27)29-3)21(14-7-6-8-15(12-14)28-2)25-17-10-5-4-9-16(17)24-18/h4-10,12-13,19,21,24-25H,11H2,1-3H3/t13-,19-,21+/m1/s1. The molecule has 0 bridgehead atoms. The van der Waals surface area contributed by atoms with Gasteiger partial charge in [-0.2, -0.15) is 0 Å². The van der Waals surface area contributed by atoms with Crippen LogP contribution in [0.25, 0.3) is 0 Å². The van der Waals surface area contributed by atoms with E-state index in [2.05, 4.69) is 10.6 Å². The summed E-state index contributed by atoms with van der Waals surface area (Å²) in [5, 5.41) is 6.94. The first-order chi connectivity index (χ1) is 14.0. The summed E-state index contributed by atoms with van der Waals surface area (Å²) in [6.45, 7) is 1.91. The van der Waals surface area contributed by atoms with E-state index in [1.807, 2.05) is 55.5 Å². The third kappa shape index (κ3) is 3.35. The lowest BCUT2D eigenvalue weighted by molar-refractivity contribution is -0.151. The first kappa shape index (κ1) is 19.1. The number of para-hydroxylation sites is 2. The third-order valence-corrected chi connectivity index (χ3v) is 5.65. The maximum absolute atomic E-state index is 13.5. The predicted molar refractivity (Wildman–Crippen MR) is 111 cm³/mol. The van der Waals surface area contributed by atoms with Gasteiger partial charge in [0.25, 0.3) is 0 Å². The third-order valence-electron chi connectivity index (χ3n) is 5.65. The number of benzene rings is 2. The molecule has 0 amide bonds. The summed E-state index contributed by atoms with van der Waals surface area (Å²) in [5.74, 6) is -0.946. The molecule has 0 saturated carbocycles. The van der Waals surface area contributed by atoms with Crippen molar-refractivity contribution in [3.05, 3.63) is 65.4 Å². The van der Waals surface area contributed by atoms with E-state index in [4.69, 9.17) is 9.47 Å². The first-order valence-electron chi connectivity index (χ1n) is 9.65. The van der Waals surface area contributed by atoms with E-state index in [9.17, 15) is 9.59 Å². The largest absolute Gasteiger partial charge is 0.497 e. The van der Waals surface area contributed by atoms with E-state index in [-0.39, 0.29) is 11.7 Å². The summed E-state index contributed by atoms with van der Waals surface area (Å²) in [5.41, 5.74) is 4.10. The highest BCUT2D eigenvalue weighted by molar-refractivity contribution is 6.11. The van der Waals surface area contributed by atoms with Crippen LogP contribution >= 0.6 is 0 Å². The Morgan fingerprint density at radius 3 is 2.55 bits per heavy atom. The highest BCUT2D eigenvalue weighted by Crippen LogP contribution is 2.44. The molecular formula is C23H24N2O4. The van der Waals surface area contributed by atoms with Gasteiger partial charge in [-0.15, -0.1) is 0 Å². The van der Waals surface area contributed by atoms with Gasteiger partial charge >= 0.3 is 5.97 Å². The van der Waals surface area contributed by atoms with Gasteiger partial charge in [0, 0.05) is 11.3 Å². The molecule has 1 heterocycles. The van der Waals surface area contributed by atoms with Crippen LogP contribution in [-0.2, 0) is 14.3 Å². The quantitative estimate of drug-likeness (QED) is 0.609. The molecule has 0 radical (unpaired) electrons. The summed E-state index contributed by atoms with van der Waals surface area (Å²) >= 11 is 0. The Labute approximate surface area is 169 Å². The molecular weight excluding hydrogens is 368 g/mol. The Kier molecular flexibility index (Phi) is 5.01. The monoisotopic (exact) mass is 392 g/mol. The van der Waals surface area contributed by atoms with Crippen molar-refractivity contribution < 1.29 is 19.1 Å². The van der Waals surface area contributed by atoms with Crippen LogP contribution in [0.5, 0.6) is 5.75 Å². The molecule has 0 aromatic heterocycles. The smallest absolute Gasteiger partial charge is 0.316 e. The molecule has 0 fully saturated rings. The molecule has 6 heteroatoms. The number of carbonyl (C=O) groups is 2. The van der Waals surface area contributed by atoms with Crippen molar-refractivity contribution >= 4 is 23.1 Å². The van der Waals surface area contributed by atoms with Gasteiger partial charge in [-0.3, -0.25) is 9.59 Å². The number of hydrogen-bond acceptors (Lipinski definition) is 6. The molecule has 0 unspecified atom stereocenters. The summed E-state index contributed by atoms with van der Waals surface area (Å²) in [6, 6.07) is 15.1. The van der Waals surface area contributed by atoms with Gasteiger partial charge in [-0.1, -0.05) is 31.2 Å². The lowest BCUT2D eigenvalue weighted by Gasteiger charge is -2.32. The molecule has 29 heavy (non-hydrogen) atoms. The molecule has 2 aromatic carbocycles. The van der Waals surface area contributed by atoms with Crippen molar-refractivity contribution in [3.8, 4) is 5.75 Å². The Balaban J connectivity index is 1.87. The fraction of sp³-hybridized carbons (Fsp3) is 0.304. The van der Waals surface area contributed by atoms with E-state index in [1.165, 1.54) is 7.11 Å². The topological polar surface area (TPSA) is 76.7 Å². The van der Waals surface area contributed by atoms with Crippen LogP contribution in [0.15, 0.2) is 59.8 Å². The molecule has 2 N–H and O–H groups in total. The Hall–Kier alpha value is -3.28. The van der Waals surface area contributed by atoms with Crippen LogP contribution in [0.4, 0.5) is 11.4 Å². The molecule has 2 aromatic rings. The van der Waals surface area contributed by atoms with Crippen molar-refractivity contribution in [1.29, 1.82) is 0 Å². The maximum atomic E-state index is 13.5. The van der Waals surface area contributed by atoms with Crippen LogP contribution < -0.4 is 15.4 Å². The molecule has 3 atom stereocenters. The van der Waals surface area contributed by atoms with Crippen molar-refractivity contribution in [2.45, 2.75) is 19.4 Å². The maximum Gasteiger partial charge on any atom is 0.316 e. The van der Waals surface area contributed by atoms with E-state index in [0.717, 1.165) is 22.6 Å². The number of hydrogen-bond donors (Lipinski definition) is 2. The lowest BCUT2D eigenvalue weighted by Crippen LogP contribution is -2.39. The van der Waals surface area contributed by atoms with Gasteiger partial charge in [0.1, 0.15) is 11.7 Å². The average Bonchev–Trinajstić information content (AvgIpc) is 2.90. The lowest BCUT2D eigenvalue weighted by atomic mass is 9.75. The first-order valence-corrected chi connectivity index (χ1v) is 9.65. The Morgan fingerprint density at radius 1 is 1.07 bits per heavy atom. The van der Waals surface area contributed by atoms with Gasteiger partial charge < -0.3 is 20.1 Å². The fourth-order valence-corrected chi connectivity index (χ4v) is 4.20.